The van der Waals surface area contributed by atoms with Crippen LogP contribution in [0.4, 0.5) is 26.0 Å². The van der Waals surface area contributed by atoms with Crippen LogP contribution in [0.3, 0.4) is 0 Å². The highest BCUT2D eigenvalue weighted by molar-refractivity contribution is 6.31. The SMILES string of the molecule is O=C(Nc1cc2c(Nc3ccc(F)c(Cl)c3)ncnc2cc1O[C@H]1CCOC1)C(F)=CCN1CCOCC1. The molecule has 1 atom stereocenters. The van der Waals surface area contributed by atoms with Gasteiger partial charge in [-0.1, -0.05) is 11.6 Å². The number of anilines is 3. The molecule has 2 aromatic carbocycles. The third-order valence-corrected chi connectivity index (χ3v) is 6.49. The zero-order valence-corrected chi connectivity index (χ0v) is 21.1. The molecule has 0 saturated carbocycles. The topological polar surface area (TPSA) is 97.8 Å². The van der Waals surface area contributed by atoms with Gasteiger partial charge in [0, 0.05) is 43.2 Å². The van der Waals surface area contributed by atoms with E-state index in [0.717, 1.165) is 0 Å². The van der Waals surface area contributed by atoms with Gasteiger partial charge in [-0.05, 0) is 30.3 Å². The van der Waals surface area contributed by atoms with E-state index in [2.05, 4.69) is 20.6 Å². The van der Waals surface area contributed by atoms with E-state index in [-0.39, 0.29) is 16.8 Å². The number of rotatable bonds is 8. The molecule has 2 aliphatic rings. The van der Waals surface area contributed by atoms with E-state index in [1.165, 1.54) is 30.6 Å². The summed E-state index contributed by atoms with van der Waals surface area (Å²) in [5.41, 5.74) is 1.27. The van der Waals surface area contributed by atoms with Gasteiger partial charge in [0.25, 0.3) is 5.91 Å². The molecule has 38 heavy (non-hydrogen) atoms. The fraction of sp³-hybridized carbons (Fsp3) is 0.346. The number of carbonyl (C=O) groups is 1. The van der Waals surface area contributed by atoms with Crippen molar-refractivity contribution in [1.29, 1.82) is 0 Å². The number of morpholine rings is 1. The number of nitrogens with one attached hydrogen (secondary N) is 2. The molecule has 5 rings (SSSR count). The van der Waals surface area contributed by atoms with Crippen LogP contribution in [0.15, 0.2) is 48.6 Å². The lowest BCUT2D eigenvalue weighted by molar-refractivity contribution is -0.114. The molecule has 9 nitrogen and oxygen atoms in total. The Morgan fingerprint density at radius 2 is 2.03 bits per heavy atom. The van der Waals surface area contributed by atoms with E-state index in [9.17, 15) is 13.6 Å². The second-order valence-electron chi connectivity index (χ2n) is 8.86. The Morgan fingerprint density at radius 1 is 1.18 bits per heavy atom. The molecule has 0 aliphatic carbocycles. The Kier molecular flexibility index (Phi) is 8.28. The van der Waals surface area contributed by atoms with E-state index >= 15 is 0 Å². The Morgan fingerprint density at radius 3 is 2.79 bits per heavy atom. The highest BCUT2D eigenvalue weighted by Crippen LogP contribution is 2.35. The smallest absolute Gasteiger partial charge is 0.284 e. The summed E-state index contributed by atoms with van der Waals surface area (Å²) in [4.78, 5) is 23.4. The number of halogens is 3. The lowest BCUT2D eigenvalue weighted by atomic mass is 10.1. The number of benzene rings is 2. The van der Waals surface area contributed by atoms with Crippen molar-refractivity contribution < 1.29 is 27.8 Å². The summed E-state index contributed by atoms with van der Waals surface area (Å²) in [6.45, 7) is 3.76. The van der Waals surface area contributed by atoms with Crippen molar-refractivity contribution in [2.75, 3.05) is 56.7 Å². The molecule has 1 aromatic heterocycles. The highest BCUT2D eigenvalue weighted by atomic mass is 35.5. The Labute approximate surface area is 222 Å². The fourth-order valence-corrected chi connectivity index (χ4v) is 4.32. The zero-order valence-electron chi connectivity index (χ0n) is 20.4. The predicted octanol–water partition coefficient (Wildman–Crippen LogP) is 4.46. The minimum absolute atomic E-state index is 0.0462. The number of fused-ring (bicyclic) bond motifs is 1. The van der Waals surface area contributed by atoms with Gasteiger partial charge in [0.1, 0.15) is 29.8 Å². The maximum absolute atomic E-state index is 14.8. The van der Waals surface area contributed by atoms with Gasteiger partial charge in [-0.15, -0.1) is 0 Å². The molecule has 0 unspecified atom stereocenters. The van der Waals surface area contributed by atoms with Crippen molar-refractivity contribution in [2.45, 2.75) is 12.5 Å². The van der Waals surface area contributed by atoms with Gasteiger partial charge in [-0.25, -0.2) is 18.7 Å². The Bertz CT molecular complexity index is 1350. The van der Waals surface area contributed by atoms with E-state index in [1.54, 1.807) is 12.1 Å². The first-order chi connectivity index (χ1) is 18.5. The van der Waals surface area contributed by atoms with Gasteiger partial charge in [-0.3, -0.25) is 9.69 Å². The molecule has 1 amide bonds. The summed E-state index contributed by atoms with van der Waals surface area (Å²) in [6.07, 6.45) is 3.08. The third kappa shape index (κ3) is 6.36. The molecule has 3 aromatic rings. The van der Waals surface area contributed by atoms with Crippen LogP contribution in [-0.4, -0.2) is 72.9 Å². The van der Waals surface area contributed by atoms with Gasteiger partial charge in [0.2, 0.25) is 0 Å². The largest absolute Gasteiger partial charge is 0.486 e. The molecule has 0 radical (unpaired) electrons. The number of carbonyl (C=O) groups excluding carboxylic acids is 1. The van der Waals surface area contributed by atoms with Crippen molar-refractivity contribution in [1.82, 2.24) is 14.9 Å². The van der Waals surface area contributed by atoms with E-state index < -0.39 is 17.6 Å². The van der Waals surface area contributed by atoms with Crippen molar-refractivity contribution in [2.24, 2.45) is 0 Å². The number of ether oxygens (including phenoxy) is 3. The normalized spacial score (nSPS) is 18.5. The van der Waals surface area contributed by atoms with Crippen LogP contribution in [0.1, 0.15) is 6.42 Å². The standard InChI is InChI=1S/C26H26ClF2N5O4/c27-19-11-16(1-2-20(19)28)32-25-18-12-23(33-26(35)21(29)3-5-34-6-9-36-10-7-34)24(13-22(18)30-15-31-25)38-17-4-8-37-14-17/h1-3,11-13,15,17H,4-10,14H2,(H,33,35)(H,30,31,32)/t17-/m0/s1. The molecule has 3 heterocycles. The molecule has 2 N–H and O–H groups in total. The maximum atomic E-state index is 14.8. The Hall–Kier alpha value is -3.38. The maximum Gasteiger partial charge on any atom is 0.284 e. The van der Waals surface area contributed by atoms with Crippen LogP contribution in [0, 0.1) is 5.82 Å². The van der Waals surface area contributed by atoms with Crippen LogP contribution in [0.25, 0.3) is 10.9 Å². The summed E-state index contributed by atoms with van der Waals surface area (Å²) in [5, 5.41) is 6.19. The van der Waals surface area contributed by atoms with Crippen molar-refractivity contribution >= 4 is 45.6 Å². The second kappa shape index (κ2) is 12.0. The third-order valence-electron chi connectivity index (χ3n) is 6.20. The molecule has 2 fully saturated rings. The van der Waals surface area contributed by atoms with Crippen LogP contribution in [0.5, 0.6) is 5.75 Å². The van der Waals surface area contributed by atoms with Crippen molar-refractivity contribution in [3.8, 4) is 5.75 Å². The molecule has 200 valence electrons. The molecular weight excluding hydrogens is 520 g/mol. The molecule has 0 bridgehead atoms. The quantitative estimate of drug-likeness (QED) is 0.401. The van der Waals surface area contributed by atoms with Crippen LogP contribution in [-0.2, 0) is 14.3 Å². The average molecular weight is 546 g/mol. The first-order valence-electron chi connectivity index (χ1n) is 12.2. The van der Waals surface area contributed by atoms with E-state index in [4.69, 9.17) is 25.8 Å². The minimum Gasteiger partial charge on any atom is -0.486 e. The predicted molar refractivity (Wildman–Crippen MR) is 139 cm³/mol. The monoisotopic (exact) mass is 545 g/mol. The summed E-state index contributed by atoms with van der Waals surface area (Å²) >= 11 is 5.92. The lowest BCUT2D eigenvalue weighted by Crippen LogP contribution is -2.36. The summed E-state index contributed by atoms with van der Waals surface area (Å²) in [7, 11) is 0. The summed E-state index contributed by atoms with van der Waals surface area (Å²) in [6, 6.07) is 7.45. The van der Waals surface area contributed by atoms with Crippen LogP contribution < -0.4 is 15.4 Å². The lowest BCUT2D eigenvalue weighted by Gasteiger charge is -2.25. The van der Waals surface area contributed by atoms with Gasteiger partial charge in [-0.2, -0.15) is 0 Å². The number of hydrogen-bond donors (Lipinski definition) is 2. The van der Waals surface area contributed by atoms with Gasteiger partial charge >= 0.3 is 0 Å². The number of amides is 1. The second-order valence-corrected chi connectivity index (χ2v) is 9.27. The molecule has 0 spiro atoms. The van der Waals surface area contributed by atoms with Crippen molar-refractivity contribution in [3.05, 3.63) is 59.4 Å². The first-order valence-corrected chi connectivity index (χ1v) is 12.6. The molecule has 2 saturated heterocycles. The van der Waals surface area contributed by atoms with Crippen molar-refractivity contribution in [3.63, 3.8) is 0 Å². The van der Waals surface area contributed by atoms with E-state index in [0.29, 0.717) is 80.6 Å². The van der Waals surface area contributed by atoms with E-state index in [1.807, 2.05) is 4.90 Å². The number of nitrogens with zero attached hydrogens (tertiary/aromatic N) is 3. The summed E-state index contributed by atoms with van der Waals surface area (Å²) in [5.74, 6) is -1.64. The highest BCUT2D eigenvalue weighted by Gasteiger charge is 2.22. The fourth-order valence-electron chi connectivity index (χ4n) is 4.14. The zero-order chi connectivity index (χ0) is 26.5. The Balaban J connectivity index is 1.43. The molecule has 2 aliphatic heterocycles. The molecular formula is C26H26ClF2N5O4. The van der Waals surface area contributed by atoms with Crippen LogP contribution in [0.2, 0.25) is 5.02 Å². The van der Waals surface area contributed by atoms with Gasteiger partial charge in [0.15, 0.2) is 5.83 Å². The van der Waals surface area contributed by atoms with Gasteiger partial charge < -0.3 is 24.8 Å². The minimum atomic E-state index is -0.907. The summed E-state index contributed by atoms with van der Waals surface area (Å²) < 4.78 is 45.2. The van der Waals surface area contributed by atoms with Crippen LogP contribution >= 0.6 is 11.6 Å². The average Bonchev–Trinajstić information content (AvgIpc) is 3.44. The van der Waals surface area contributed by atoms with Gasteiger partial charge in [0.05, 0.1) is 42.7 Å². The number of hydrogen-bond acceptors (Lipinski definition) is 8. The number of aromatic nitrogens is 2. The molecule has 12 heteroatoms. The first kappa shape index (κ1) is 26.2.